The zero-order valence-electron chi connectivity index (χ0n) is 6.67. The van der Waals surface area contributed by atoms with Gasteiger partial charge in [0, 0.05) is 12.8 Å². The molecule has 1 aliphatic rings. The fourth-order valence-electron chi connectivity index (χ4n) is 1.79. The molecule has 0 radical (unpaired) electrons. The van der Waals surface area contributed by atoms with Gasteiger partial charge in [-0.25, -0.2) is 0 Å². The summed E-state index contributed by atoms with van der Waals surface area (Å²) in [6.07, 6.45) is 1.62. The van der Waals surface area contributed by atoms with Crippen LogP contribution in [0, 0.1) is 0 Å². The van der Waals surface area contributed by atoms with Gasteiger partial charge in [-0.2, -0.15) is 0 Å². The first-order valence-electron chi connectivity index (χ1n) is 3.97. The molecule has 1 aromatic carbocycles. The third-order valence-electron chi connectivity index (χ3n) is 2.26. The Balaban J connectivity index is 2.41. The lowest BCUT2D eigenvalue weighted by Crippen LogP contribution is -2.23. The highest BCUT2D eigenvalue weighted by Gasteiger charge is 2.29. The second-order valence-electron chi connectivity index (χ2n) is 3.62. The lowest BCUT2D eigenvalue weighted by Gasteiger charge is -2.13. The Morgan fingerprint density at radius 1 is 1.18 bits per heavy atom. The van der Waals surface area contributed by atoms with Gasteiger partial charge >= 0.3 is 0 Å². The Morgan fingerprint density at radius 2 is 1.64 bits per heavy atom. The Kier molecular flexibility index (Phi) is 1.30. The molecule has 0 bridgehead atoms. The first-order valence-corrected chi connectivity index (χ1v) is 3.97. The molecule has 1 aromatic rings. The molecular formula is C10H12O. The van der Waals surface area contributed by atoms with E-state index in [4.69, 9.17) is 0 Å². The zero-order valence-corrected chi connectivity index (χ0v) is 6.67. The SMILES string of the molecule is CC1(O)Cc2ccccc2C1. The summed E-state index contributed by atoms with van der Waals surface area (Å²) in [5.41, 5.74) is 2.11. The van der Waals surface area contributed by atoms with Crippen LogP contribution in [0.3, 0.4) is 0 Å². The molecule has 0 atom stereocenters. The molecule has 0 unspecified atom stereocenters. The van der Waals surface area contributed by atoms with E-state index in [1.807, 2.05) is 19.1 Å². The van der Waals surface area contributed by atoms with E-state index in [1.54, 1.807) is 0 Å². The van der Waals surface area contributed by atoms with Crippen LogP contribution in [0.15, 0.2) is 24.3 Å². The lowest BCUT2D eigenvalue weighted by molar-refractivity contribution is 0.0719. The number of rotatable bonds is 0. The highest BCUT2D eigenvalue weighted by atomic mass is 16.3. The molecule has 58 valence electrons. The van der Waals surface area contributed by atoms with Crippen LogP contribution < -0.4 is 0 Å². The van der Waals surface area contributed by atoms with Crippen LogP contribution >= 0.6 is 0 Å². The van der Waals surface area contributed by atoms with Crippen molar-refractivity contribution in [2.45, 2.75) is 25.4 Å². The van der Waals surface area contributed by atoms with Gasteiger partial charge < -0.3 is 5.11 Å². The Bertz CT molecular complexity index is 249. The van der Waals surface area contributed by atoms with Crippen LogP contribution in [0.25, 0.3) is 0 Å². The van der Waals surface area contributed by atoms with Crippen LogP contribution in [-0.2, 0) is 12.8 Å². The van der Waals surface area contributed by atoms with Crippen molar-refractivity contribution in [1.29, 1.82) is 0 Å². The predicted molar refractivity (Wildman–Crippen MR) is 44.5 cm³/mol. The second kappa shape index (κ2) is 2.08. The Hall–Kier alpha value is -0.820. The summed E-state index contributed by atoms with van der Waals surface area (Å²) >= 11 is 0. The molecule has 1 aliphatic carbocycles. The van der Waals surface area contributed by atoms with Crippen molar-refractivity contribution in [3.63, 3.8) is 0 Å². The first-order chi connectivity index (χ1) is 5.17. The standard InChI is InChI=1S/C10H12O/c1-10(11)6-8-4-2-3-5-9(8)7-10/h2-5,11H,6-7H2,1H3. The lowest BCUT2D eigenvalue weighted by atomic mass is 10.0. The maximum absolute atomic E-state index is 9.72. The van der Waals surface area contributed by atoms with Gasteiger partial charge in [0.1, 0.15) is 0 Å². The maximum Gasteiger partial charge on any atom is 0.0700 e. The molecule has 0 fully saturated rings. The molecule has 11 heavy (non-hydrogen) atoms. The third kappa shape index (κ3) is 1.16. The molecule has 0 heterocycles. The largest absolute Gasteiger partial charge is 0.389 e. The molecule has 0 spiro atoms. The smallest absolute Gasteiger partial charge is 0.0700 e. The molecule has 0 saturated carbocycles. The van der Waals surface area contributed by atoms with Crippen LogP contribution in [0.1, 0.15) is 18.1 Å². The fourth-order valence-corrected chi connectivity index (χ4v) is 1.79. The van der Waals surface area contributed by atoms with Crippen molar-refractivity contribution < 1.29 is 5.11 Å². The van der Waals surface area contributed by atoms with Crippen molar-refractivity contribution in [3.05, 3.63) is 35.4 Å². The van der Waals surface area contributed by atoms with Gasteiger partial charge in [0.05, 0.1) is 5.60 Å². The second-order valence-corrected chi connectivity index (χ2v) is 3.62. The number of aliphatic hydroxyl groups is 1. The Labute approximate surface area is 66.7 Å². The number of hydrogen-bond acceptors (Lipinski definition) is 1. The van der Waals surface area contributed by atoms with E-state index in [0.717, 1.165) is 12.8 Å². The summed E-state index contributed by atoms with van der Waals surface area (Å²) in [6.45, 7) is 1.90. The van der Waals surface area contributed by atoms with E-state index in [9.17, 15) is 5.11 Å². The van der Waals surface area contributed by atoms with Crippen molar-refractivity contribution in [1.82, 2.24) is 0 Å². The predicted octanol–water partition coefficient (Wildman–Crippen LogP) is 1.54. The maximum atomic E-state index is 9.72. The van der Waals surface area contributed by atoms with Crippen LogP contribution in [0.2, 0.25) is 0 Å². The highest BCUT2D eigenvalue weighted by molar-refractivity contribution is 5.34. The van der Waals surface area contributed by atoms with E-state index in [-0.39, 0.29) is 0 Å². The molecule has 0 aromatic heterocycles. The zero-order chi connectivity index (χ0) is 7.90. The van der Waals surface area contributed by atoms with Crippen LogP contribution in [0.5, 0.6) is 0 Å². The normalized spacial score (nSPS) is 19.8. The third-order valence-corrected chi connectivity index (χ3v) is 2.26. The van der Waals surface area contributed by atoms with E-state index >= 15 is 0 Å². The average molecular weight is 148 g/mol. The van der Waals surface area contributed by atoms with Gasteiger partial charge in [0.15, 0.2) is 0 Å². The first kappa shape index (κ1) is 6.86. The number of hydrogen-bond donors (Lipinski definition) is 1. The van der Waals surface area contributed by atoms with Gasteiger partial charge in [0.2, 0.25) is 0 Å². The minimum absolute atomic E-state index is 0.496. The summed E-state index contributed by atoms with van der Waals surface area (Å²) in [4.78, 5) is 0. The van der Waals surface area contributed by atoms with E-state index in [0.29, 0.717) is 0 Å². The van der Waals surface area contributed by atoms with Crippen molar-refractivity contribution in [2.75, 3.05) is 0 Å². The van der Waals surface area contributed by atoms with Crippen molar-refractivity contribution in [2.24, 2.45) is 0 Å². The molecule has 0 amide bonds. The highest BCUT2D eigenvalue weighted by Crippen LogP contribution is 2.28. The summed E-state index contributed by atoms with van der Waals surface area (Å²) in [6, 6.07) is 8.24. The summed E-state index contributed by atoms with van der Waals surface area (Å²) in [5, 5.41) is 9.72. The summed E-state index contributed by atoms with van der Waals surface area (Å²) < 4.78 is 0. The van der Waals surface area contributed by atoms with Gasteiger partial charge in [-0.3, -0.25) is 0 Å². The molecule has 1 N–H and O–H groups in total. The van der Waals surface area contributed by atoms with Gasteiger partial charge in [-0.15, -0.1) is 0 Å². The van der Waals surface area contributed by atoms with Gasteiger partial charge in [0.25, 0.3) is 0 Å². The van der Waals surface area contributed by atoms with E-state index in [2.05, 4.69) is 12.1 Å². The van der Waals surface area contributed by atoms with Crippen molar-refractivity contribution in [3.8, 4) is 0 Å². The van der Waals surface area contributed by atoms with Crippen LogP contribution in [0.4, 0.5) is 0 Å². The minimum Gasteiger partial charge on any atom is -0.389 e. The van der Waals surface area contributed by atoms with Gasteiger partial charge in [-0.05, 0) is 18.1 Å². The number of benzene rings is 1. The van der Waals surface area contributed by atoms with Crippen molar-refractivity contribution >= 4 is 0 Å². The molecule has 2 rings (SSSR count). The molecule has 0 aliphatic heterocycles. The van der Waals surface area contributed by atoms with Gasteiger partial charge in [-0.1, -0.05) is 24.3 Å². The molecule has 1 nitrogen and oxygen atoms in total. The summed E-state index contributed by atoms with van der Waals surface area (Å²) in [7, 11) is 0. The quantitative estimate of drug-likeness (QED) is 0.591. The minimum atomic E-state index is -0.496. The topological polar surface area (TPSA) is 20.2 Å². The average Bonchev–Trinajstić information content (AvgIpc) is 2.21. The molecule has 0 saturated heterocycles. The Morgan fingerprint density at radius 3 is 2.09 bits per heavy atom. The number of fused-ring (bicyclic) bond motifs is 1. The van der Waals surface area contributed by atoms with E-state index < -0.39 is 5.60 Å². The summed E-state index contributed by atoms with van der Waals surface area (Å²) in [5.74, 6) is 0. The monoisotopic (exact) mass is 148 g/mol. The molecular weight excluding hydrogens is 136 g/mol. The molecule has 1 heteroatoms. The van der Waals surface area contributed by atoms with Crippen LogP contribution in [-0.4, -0.2) is 10.7 Å². The van der Waals surface area contributed by atoms with E-state index in [1.165, 1.54) is 11.1 Å². The fraction of sp³-hybridized carbons (Fsp3) is 0.400.